The number of hydrogen-bond donors (Lipinski definition) is 23. The molecule has 28 N–H and O–H groups in total. The Kier molecular flexibility index (Phi) is 40.8. The van der Waals surface area contributed by atoms with Gasteiger partial charge < -0.3 is 137 Å². The third kappa shape index (κ3) is 30.8. The van der Waals surface area contributed by atoms with E-state index >= 15 is 43.2 Å². The average Bonchev–Trinajstić information content (AvgIpc) is 1.71. The standard InChI is InChI=1S/C92H133N27O19S/c1-9-11-24-70-83(131)107-61(23-17-31-100-91(95)96)79(127)114-69(78(126)103-43-75(94)123)46-139-47-76(124)106-65(34-51-27-29-54(30-28-51)105-92(97)98)86(134)115(6)50(5)77(125)110-67(39-74(93)122)88(136)118-32-18-26-71(118)84(132)109-63(37-55-42-99-48-104-55)81(129)111-64(33-49(3)4)89(137)119-44-56(121)38-73(119)85(133)108-62(35-52-40-101-59-21-15-13-19-57(52)59)80(128)113-68(45-120)82(130)112-66(36-53-41-102-60-22-16-14-20-58(53)60)87(135)117(8)72(25-12-10-2)90(138)116(70)7/h13-16,19-22,27-30,40-42,48-50,56,61-73,89,101-102,120-121,137H,9-12,17-18,23-26,31-39,43-47H2,1-8H3,(H2,93,122)(H2,94,123)(H,99,104)(H,103,126)(H,106,124)(H,107,131)(H,108,133)(H,109,132)(H,110,125)(H,111,129)(H,112,130)(H,113,128)(H,114,127)(H4,95,96,100)(H4,97,98,105)/t50-,56+,61-,62-,63-,64-,65-,66-,67-,68-,69-,70-,71-,72-,73?,89?/m0/s1. The van der Waals surface area contributed by atoms with Crippen LogP contribution in [0.4, 0.5) is 5.69 Å². The Bertz CT molecular complexity index is 5340. The molecule has 0 aliphatic carbocycles. The first-order chi connectivity index (χ1) is 66.2. The van der Waals surface area contributed by atoms with Crippen LogP contribution in [0.25, 0.3) is 21.8 Å². The van der Waals surface area contributed by atoms with Crippen molar-refractivity contribution >= 4 is 146 Å². The van der Waals surface area contributed by atoms with E-state index in [1.807, 2.05) is 13.8 Å². The minimum absolute atomic E-state index is 0.00344. The molecule has 6 heterocycles. The second-order valence-corrected chi connectivity index (χ2v) is 36.7. The lowest BCUT2D eigenvalue weighted by molar-refractivity contribution is -0.149. The van der Waals surface area contributed by atoms with Crippen molar-refractivity contribution in [3.63, 3.8) is 0 Å². The zero-order chi connectivity index (χ0) is 102. The molecule has 47 heteroatoms. The van der Waals surface area contributed by atoms with Gasteiger partial charge in [0.05, 0.1) is 55.5 Å². The molecule has 3 aliphatic heterocycles. The number of likely N-dealkylation sites (N-methyl/N-ethyl adjacent to an activating group) is 3. The summed E-state index contributed by atoms with van der Waals surface area (Å²) in [6.45, 7) is 6.21. The van der Waals surface area contributed by atoms with E-state index in [9.17, 15) is 48.9 Å². The van der Waals surface area contributed by atoms with E-state index in [0.717, 1.165) is 31.4 Å². The highest BCUT2D eigenvalue weighted by atomic mass is 32.2. The number of aromatic nitrogens is 4. The van der Waals surface area contributed by atoms with Crippen molar-refractivity contribution in [2.45, 2.75) is 241 Å². The Hall–Kier alpha value is -13.8. The quantitative estimate of drug-likeness (QED) is 0.0133. The highest BCUT2D eigenvalue weighted by Crippen LogP contribution is 2.29. The third-order valence-electron chi connectivity index (χ3n) is 24.8. The van der Waals surface area contributed by atoms with Gasteiger partial charge in [-0.25, -0.2) is 9.98 Å². The van der Waals surface area contributed by atoms with Gasteiger partial charge in [-0.15, -0.1) is 11.8 Å². The lowest BCUT2D eigenvalue weighted by atomic mass is 9.99. The molecule has 3 fully saturated rings. The fourth-order valence-corrected chi connectivity index (χ4v) is 18.1. The number of nitrogens with two attached hydrogens (primary N) is 5. The lowest BCUT2D eigenvalue weighted by Crippen LogP contribution is -2.62. The van der Waals surface area contributed by atoms with Gasteiger partial charge in [-0.3, -0.25) is 87.0 Å². The summed E-state index contributed by atoms with van der Waals surface area (Å²) in [6, 6.07) is -1.29. The van der Waals surface area contributed by atoms with E-state index in [2.05, 4.69) is 83.4 Å². The molecule has 3 aliphatic rings. The molecule has 0 bridgehead atoms. The first-order valence-corrected chi connectivity index (χ1v) is 47.7. The van der Waals surface area contributed by atoms with Gasteiger partial charge in [0, 0.05) is 118 Å². The predicted molar refractivity (Wildman–Crippen MR) is 515 cm³/mol. The molecule has 3 saturated heterocycles. The molecule has 756 valence electrons. The average molecular weight is 1950 g/mol. The van der Waals surface area contributed by atoms with E-state index in [1.165, 1.54) is 57.6 Å². The molecular formula is C92H133N27O19S. The lowest BCUT2D eigenvalue weighted by Gasteiger charge is -2.36. The summed E-state index contributed by atoms with van der Waals surface area (Å²) in [6.07, 6.45) is 2.17. The van der Waals surface area contributed by atoms with E-state index < -0.39 is 228 Å². The van der Waals surface area contributed by atoms with Crippen molar-refractivity contribution in [2.75, 3.05) is 65.4 Å². The topological polar surface area (TPSA) is 709 Å². The number of aliphatic hydroxyl groups is 3. The zero-order valence-electron chi connectivity index (χ0n) is 79.3. The van der Waals surface area contributed by atoms with Gasteiger partial charge in [-0.05, 0) is 105 Å². The van der Waals surface area contributed by atoms with Crippen LogP contribution in [0.1, 0.15) is 140 Å². The number of para-hydroxylation sites is 2. The summed E-state index contributed by atoms with van der Waals surface area (Å²) in [5.74, 6) is -17.1. The smallest absolute Gasteiger partial charge is 0.246 e. The Morgan fingerprint density at radius 1 is 0.576 bits per heavy atom. The number of fused-ring (bicyclic) bond motifs is 4. The van der Waals surface area contributed by atoms with Crippen LogP contribution in [-0.4, -0.2) is 329 Å². The van der Waals surface area contributed by atoms with Crippen LogP contribution in [0.15, 0.2) is 103 Å². The molecule has 6 aromatic rings. The van der Waals surface area contributed by atoms with Crippen LogP contribution in [0.2, 0.25) is 0 Å². The van der Waals surface area contributed by atoms with Crippen LogP contribution in [0, 0.1) is 11.3 Å². The number of benzene rings is 3. The van der Waals surface area contributed by atoms with Gasteiger partial charge in [-0.2, -0.15) is 0 Å². The second kappa shape index (κ2) is 52.1. The van der Waals surface area contributed by atoms with Crippen LogP contribution >= 0.6 is 11.8 Å². The number of primary amides is 2. The monoisotopic (exact) mass is 1950 g/mol. The molecule has 3 aromatic heterocycles. The maximum atomic E-state index is 15.8. The number of aromatic amines is 3. The normalized spacial score (nSPS) is 25.0. The number of amides is 16. The van der Waals surface area contributed by atoms with Gasteiger partial charge in [0.2, 0.25) is 94.5 Å². The molecule has 16 amide bonds. The second-order valence-electron chi connectivity index (χ2n) is 35.7. The van der Waals surface area contributed by atoms with Crippen molar-refractivity contribution in [3.05, 3.63) is 120 Å². The number of nitrogens with one attached hydrogen (secondary N) is 15. The summed E-state index contributed by atoms with van der Waals surface area (Å²) in [4.78, 5) is 259. The number of carbonyl (C=O) groups excluding carboxylic acids is 16. The Morgan fingerprint density at radius 3 is 1.73 bits per heavy atom. The van der Waals surface area contributed by atoms with Crippen molar-refractivity contribution in [3.8, 4) is 0 Å². The Balaban J connectivity index is 1.11. The largest absolute Gasteiger partial charge is 0.394 e. The van der Waals surface area contributed by atoms with Gasteiger partial charge in [-0.1, -0.05) is 102 Å². The van der Waals surface area contributed by atoms with Crippen LogP contribution in [0.3, 0.4) is 0 Å². The highest BCUT2D eigenvalue weighted by Gasteiger charge is 2.47. The van der Waals surface area contributed by atoms with Crippen molar-refractivity contribution < 1.29 is 92.0 Å². The molecule has 139 heavy (non-hydrogen) atoms. The van der Waals surface area contributed by atoms with Crippen LogP contribution in [0.5, 0.6) is 0 Å². The molecule has 2 unspecified atom stereocenters. The molecule has 9 rings (SSSR count). The van der Waals surface area contributed by atoms with Crippen molar-refractivity contribution in [1.82, 2.24) is 103 Å². The van der Waals surface area contributed by atoms with Gasteiger partial charge in [0.1, 0.15) is 78.7 Å². The van der Waals surface area contributed by atoms with Gasteiger partial charge in [0.25, 0.3) is 0 Å². The Labute approximate surface area is 807 Å². The molecule has 46 nitrogen and oxygen atoms in total. The van der Waals surface area contributed by atoms with E-state index in [1.54, 1.807) is 86.9 Å². The number of unbranched alkanes of at least 4 members (excludes halogenated alkanes) is 2. The minimum Gasteiger partial charge on any atom is -0.394 e. The number of thioether (sulfide) groups is 1. The number of rotatable bonds is 27. The molecule has 0 radical (unpaired) electrons. The number of guanidine groups is 2. The van der Waals surface area contributed by atoms with Crippen molar-refractivity contribution in [1.29, 1.82) is 5.41 Å². The van der Waals surface area contributed by atoms with E-state index in [-0.39, 0.29) is 109 Å². The van der Waals surface area contributed by atoms with Crippen LogP contribution in [-0.2, 0) is 102 Å². The number of H-pyrrole nitrogens is 3. The summed E-state index contributed by atoms with van der Waals surface area (Å²) >= 11 is 0.763. The number of carbonyl (C=O) groups is 16. The first kappa shape index (κ1) is 109. The fraction of sp³-hybridized carbons (Fsp3) is 0.533. The van der Waals surface area contributed by atoms with Gasteiger partial charge >= 0.3 is 0 Å². The number of imidazole rings is 1. The fourth-order valence-electron chi connectivity index (χ4n) is 17.2. The number of aliphatic imine (C=N–C) groups is 1. The molecule has 16 atom stereocenters. The number of aliphatic hydroxyl groups excluding tert-OH is 3. The molecule has 3 aromatic carbocycles. The number of nitrogens with zero attached hydrogens (tertiary/aromatic N) is 7. The predicted octanol–water partition coefficient (Wildman–Crippen LogP) is -3.94. The molecular weight excluding hydrogens is 1820 g/mol. The summed E-state index contributed by atoms with van der Waals surface area (Å²) in [7, 11) is 3.92. The maximum absolute atomic E-state index is 15.8. The SMILES string of the molecule is CCCC[C@H]1C(=O)N(C)[C@@H](CCCC)C(=O)N[C@@H](CCCNC(=N)N)C(=O)N[C@H](C(=O)NCC(N)=O)CSCC(=O)N[C@@H](Cc2ccc(N=C(N)N)cc2)C(=O)N(C)[C@@H](C)C(=O)N[C@@H](CC(N)=O)C(=O)N2CCC[C@H]2C(=O)N[C@@H](Cc2cnc[nH]2)C(=O)N[C@@H](CC(C)C)C(O)N2C[C@H](O)CC2C(=O)N[C@@H](Cc2c[nH]c3ccccc23)C(=O)N[C@@H](CO)C(=O)N[C@@H](Cc2c[nH]c3ccccc23)C(=O)N1C. The maximum Gasteiger partial charge on any atom is 0.246 e. The summed E-state index contributed by atoms with van der Waals surface area (Å²) in [5.41, 5.74) is 31.5. The van der Waals surface area contributed by atoms with E-state index in [4.69, 9.17) is 34.1 Å². The number of hydrogen-bond acceptors (Lipinski definition) is 24. The van der Waals surface area contributed by atoms with E-state index in [0.29, 0.717) is 75.6 Å². The first-order valence-electron chi connectivity index (χ1n) is 46.5. The zero-order valence-corrected chi connectivity index (χ0v) is 80.1. The van der Waals surface area contributed by atoms with Crippen LogP contribution < -0.4 is 87.2 Å². The Morgan fingerprint density at radius 2 is 1.13 bits per heavy atom. The highest BCUT2D eigenvalue weighted by molar-refractivity contribution is 8.00. The summed E-state index contributed by atoms with van der Waals surface area (Å²) in [5, 5.41) is 74.0. The molecule has 0 spiro atoms. The molecule has 0 saturated carbocycles. The van der Waals surface area contributed by atoms with Gasteiger partial charge in [0.15, 0.2) is 11.9 Å². The van der Waals surface area contributed by atoms with Crippen molar-refractivity contribution in [2.24, 2.45) is 39.6 Å². The summed E-state index contributed by atoms with van der Waals surface area (Å²) < 4.78 is 0. The minimum atomic E-state index is -1.88. The third-order valence-corrected chi connectivity index (χ3v) is 25.8.